The molecule has 198 valence electrons. The van der Waals surface area contributed by atoms with Crippen molar-refractivity contribution in [2.45, 2.75) is 19.1 Å². The topological polar surface area (TPSA) is 54.2 Å². The Hall–Kier alpha value is -3.24. The van der Waals surface area contributed by atoms with E-state index in [2.05, 4.69) is 22.0 Å². The first-order valence-electron chi connectivity index (χ1n) is 12.5. The van der Waals surface area contributed by atoms with Crippen molar-refractivity contribution in [3.05, 3.63) is 59.9 Å². The van der Waals surface area contributed by atoms with Gasteiger partial charge >= 0.3 is 6.18 Å². The minimum Gasteiger partial charge on any atom is -0.486 e. The molecule has 5 rings (SSSR count). The Balaban J connectivity index is 1.05. The number of anilines is 1. The summed E-state index contributed by atoms with van der Waals surface area (Å²) in [6.45, 7) is 6.70. The van der Waals surface area contributed by atoms with Gasteiger partial charge in [0, 0.05) is 43.5 Å². The van der Waals surface area contributed by atoms with Crippen molar-refractivity contribution < 1.29 is 27.2 Å². The van der Waals surface area contributed by atoms with Crippen LogP contribution in [-0.2, 0) is 12.7 Å². The molecule has 0 unspecified atom stereocenters. The lowest BCUT2D eigenvalue weighted by Gasteiger charge is -2.36. The van der Waals surface area contributed by atoms with Gasteiger partial charge in [-0.1, -0.05) is 11.2 Å². The number of nitrogens with zero attached hydrogens (tertiary/aromatic N) is 4. The molecule has 2 aliphatic rings. The Morgan fingerprint density at radius 1 is 0.946 bits per heavy atom. The molecule has 1 fully saturated rings. The highest BCUT2D eigenvalue weighted by Gasteiger charge is 2.31. The van der Waals surface area contributed by atoms with Gasteiger partial charge in [0.25, 0.3) is 0 Å². The van der Waals surface area contributed by atoms with Crippen LogP contribution in [0.4, 0.5) is 18.9 Å². The second-order valence-corrected chi connectivity index (χ2v) is 9.51. The van der Waals surface area contributed by atoms with Gasteiger partial charge in [0.2, 0.25) is 0 Å². The molecular formula is C27H31F3N4O3. The first-order valence-corrected chi connectivity index (χ1v) is 12.5. The highest BCUT2D eigenvalue weighted by atomic mass is 19.4. The number of aromatic nitrogens is 1. The molecule has 2 aromatic carbocycles. The van der Waals surface area contributed by atoms with Gasteiger partial charge in [-0.3, -0.25) is 9.80 Å². The highest BCUT2D eigenvalue weighted by molar-refractivity contribution is 5.64. The summed E-state index contributed by atoms with van der Waals surface area (Å²) in [5, 5.41) is 4.22. The van der Waals surface area contributed by atoms with Gasteiger partial charge in [-0.2, -0.15) is 13.2 Å². The number of fused-ring (bicyclic) bond motifs is 1. The van der Waals surface area contributed by atoms with Gasteiger partial charge < -0.3 is 18.9 Å². The van der Waals surface area contributed by atoms with E-state index in [4.69, 9.17) is 14.0 Å². The molecule has 3 aromatic rings. The van der Waals surface area contributed by atoms with Gasteiger partial charge in [0.1, 0.15) is 18.9 Å². The molecular weight excluding hydrogens is 485 g/mol. The summed E-state index contributed by atoms with van der Waals surface area (Å²) >= 11 is 0. The van der Waals surface area contributed by atoms with E-state index in [-0.39, 0.29) is 0 Å². The molecule has 0 amide bonds. The van der Waals surface area contributed by atoms with Crippen LogP contribution in [0.5, 0.6) is 11.5 Å². The Kier molecular flexibility index (Phi) is 7.57. The van der Waals surface area contributed by atoms with E-state index < -0.39 is 11.7 Å². The van der Waals surface area contributed by atoms with Crippen LogP contribution in [0.1, 0.15) is 17.7 Å². The van der Waals surface area contributed by atoms with E-state index in [1.54, 1.807) is 6.07 Å². The van der Waals surface area contributed by atoms with Crippen LogP contribution >= 0.6 is 0 Å². The van der Waals surface area contributed by atoms with Crippen molar-refractivity contribution in [1.29, 1.82) is 0 Å². The van der Waals surface area contributed by atoms with Gasteiger partial charge in [0.05, 0.1) is 12.1 Å². The van der Waals surface area contributed by atoms with Gasteiger partial charge in [-0.15, -0.1) is 0 Å². The molecule has 1 aromatic heterocycles. The third-order valence-corrected chi connectivity index (χ3v) is 6.75. The summed E-state index contributed by atoms with van der Waals surface area (Å²) in [5.74, 6) is 2.26. The van der Waals surface area contributed by atoms with Gasteiger partial charge in [-0.25, -0.2) is 0 Å². The predicted molar refractivity (Wildman–Crippen MR) is 134 cm³/mol. The maximum absolute atomic E-state index is 13.0. The summed E-state index contributed by atoms with van der Waals surface area (Å²) in [5.41, 5.74) is 1.72. The molecule has 0 bridgehead atoms. The highest BCUT2D eigenvalue weighted by Crippen LogP contribution is 2.34. The van der Waals surface area contributed by atoms with Crippen molar-refractivity contribution >= 4 is 5.69 Å². The smallest absolute Gasteiger partial charge is 0.416 e. The number of benzene rings is 2. The molecule has 0 aliphatic carbocycles. The number of alkyl halides is 3. The average molecular weight is 517 g/mol. The summed E-state index contributed by atoms with van der Waals surface area (Å²) in [6, 6.07) is 13.3. The second-order valence-electron chi connectivity index (χ2n) is 9.51. The molecule has 10 heteroatoms. The lowest BCUT2D eigenvalue weighted by Crippen LogP contribution is -2.47. The van der Waals surface area contributed by atoms with Crippen LogP contribution in [0.3, 0.4) is 0 Å². The molecule has 0 saturated carbocycles. The molecule has 0 N–H and O–H groups in total. The normalized spacial score (nSPS) is 16.4. The fourth-order valence-corrected chi connectivity index (χ4v) is 4.74. The molecule has 0 radical (unpaired) electrons. The molecule has 0 atom stereocenters. The minimum absolute atomic E-state index is 0.539. The third-order valence-electron chi connectivity index (χ3n) is 6.75. The summed E-state index contributed by atoms with van der Waals surface area (Å²) in [7, 11) is 2.05. The standard InChI is InChI=1S/C27H31F3N4O3/c1-32(19-23-18-24(31-37-23)20-6-7-25-26(16-20)36-15-14-35-25)8-3-9-33-10-12-34(13-11-33)22-5-2-4-21(17-22)27(28,29)30/h2,4-7,16-18H,3,8-15,19H2,1H3. The Morgan fingerprint density at radius 2 is 1.73 bits per heavy atom. The fraction of sp³-hybridized carbons (Fsp3) is 0.444. The SMILES string of the molecule is CN(CCCN1CCN(c2cccc(C(F)(F)F)c2)CC1)Cc1cc(-c2ccc3c(c2)OCCO3)no1. The van der Waals surface area contributed by atoms with Gasteiger partial charge in [0.15, 0.2) is 17.3 Å². The monoisotopic (exact) mass is 516 g/mol. The maximum atomic E-state index is 13.0. The fourth-order valence-electron chi connectivity index (χ4n) is 4.74. The van der Waals surface area contributed by atoms with Crippen molar-refractivity contribution in [2.75, 3.05) is 64.4 Å². The molecule has 0 spiro atoms. The van der Waals surface area contributed by atoms with Crippen molar-refractivity contribution in [1.82, 2.24) is 15.0 Å². The van der Waals surface area contributed by atoms with Crippen LogP contribution in [0.2, 0.25) is 0 Å². The number of hydrogen-bond acceptors (Lipinski definition) is 7. The minimum atomic E-state index is -4.32. The Morgan fingerprint density at radius 3 is 2.51 bits per heavy atom. The largest absolute Gasteiger partial charge is 0.486 e. The number of hydrogen-bond donors (Lipinski definition) is 0. The van der Waals surface area contributed by atoms with Crippen LogP contribution in [0, 0.1) is 0 Å². The van der Waals surface area contributed by atoms with E-state index in [1.165, 1.54) is 12.1 Å². The van der Waals surface area contributed by atoms with Crippen molar-refractivity contribution in [3.8, 4) is 22.8 Å². The number of ether oxygens (including phenoxy) is 2. The van der Waals surface area contributed by atoms with E-state index in [0.29, 0.717) is 25.4 Å². The van der Waals surface area contributed by atoms with Crippen LogP contribution < -0.4 is 14.4 Å². The lowest BCUT2D eigenvalue weighted by molar-refractivity contribution is -0.137. The lowest BCUT2D eigenvalue weighted by atomic mass is 10.1. The molecule has 2 aliphatic heterocycles. The second kappa shape index (κ2) is 11.0. The molecule has 1 saturated heterocycles. The summed E-state index contributed by atoms with van der Waals surface area (Å²) in [6.07, 6.45) is -3.33. The Bertz CT molecular complexity index is 1190. The molecule has 7 nitrogen and oxygen atoms in total. The molecule has 37 heavy (non-hydrogen) atoms. The zero-order valence-electron chi connectivity index (χ0n) is 20.8. The first kappa shape index (κ1) is 25.4. The van der Waals surface area contributed by atoms with E-state index in [0.717, 1.165) is 80.3 Å². The summed E-state index contributed by atoms with van der Waals surface area (Å²) < 4.78 is 55.9. The van der Waals surface area contributed by atoms with Crippen LogP contribution in [0.25, 0.3) is 11.3 Å². The van der Waals surface area contributed by atoms with Crippen LogP contribution in [0.15, 0.2) is 53.1 Å². The average Bonchev–Trinajstić information content (AvgIpc) is 3.37. The predicted octanol–water partition coefficient (Wildman–Crippen LogP) is 4.78. The first-order chi connectivity index (χ1) is 17.8. The molecule has 3 heterocycles. The maximum Gasteiger partial charge on any atom is 0.416 e. The van der Waals surface area contributed by atoms with E-state index >= 15 is 0 Å². The number of piperazine rings is 1. The third kappa shape index (κ3) is 6.37. The van der Waals surface area contributed by atoms with Crippen molar-refractivity contribution in [3.63, 3.8) is 0 Å². The van der Waals surface area contributed by atoms with E-state index in [1.807, 2.05) is 29.2 Å². The van der Waals surface area contributed by atoms with Crippen LogP contribution in [-0.4, -0.2) is 74.5 Å². The number of halogens is 3. The summed E-state index contributed by atoms with van der Waals surface area (Å²) in [4.78, 5) is 6.60. The Labute approximate surface area is 214 Å². The number of rotatable bonds is 8. The quantitative estimate of drug-likeness (QED) is 0.427. The zero-order chi connectivity index (χ0) is 25.8. The van der Waals surface area contributed by atoms with E-state index in [9.17, 15) is 13.2 Å². The van der Waals surface area contributed by atoms with Crippen molar-refractivity contribution in [2.24, 2.45) is 0 Å². The van der Waals surface area contributed by atoms with Gasteiger partial charge in [-0.05, 0) is 63.0 Å². The zero-order valence-corrected chi connectivity index (χ0v) is 20.8.